The standard InChI is InChI=1S/C17H17NO4/c1-2-22-15-6-4-3-5-14(15)17(21)18-13-9-7-12(8-10-13)11-16(19)20/h3-10H,2,11H2,1H3,(H,18,21)(H,19,20). The van der Waals surface area contributed by atoms with Crippen molar-refractivity contribution in [3.8, 4) is 5.75 Å². The Bertz CT molecular complexity index is 665. The van der Waals surface area contributed by atoms with Gasteiger partial charge in [-0.2, -0.15) is 0 Å². The van der Waals surface area contributed by atoms with E-state index in [4.69, 9.17) is 9.84 Å². The second-order valence-electron chi connectivity index (χ2n) is 4.65. The molecule has 2 rings (SSSR count). The van der Waals surface area contributed by atoms with Crippen molar-refractivity contribution < 1.29 is 19.4 Å². The van der Waals surface area contributed by atoms with Crippen LogP contribution < -0.4 is 10.1 Å². The van der Waals surface area contributed by atoms with Gasteiger partial charge in [-0.25, -0.2) is 0 Å². The molecule has 0 heterocycles. The van der Waals surface area contributed by atoms with Crippen LogP contribution in [0.3, 0.4) is 0 Å². The molecular formula is C17H17NO4. The van der Waals surface area contributed by atoms with Crippen LogP contribution in [0.1, 0.15) is 22.8 Å². The Kier molecular flexibility index (Phi) is 5.14. The Morgan fingerprint density at radius 2 is 1.77 bits per heavy atom. The van der Waals surface area contributed by atoms with Crippen molar-refractivity contribution in [2.75, 3.05) is 11.9 Å². The molecule has 0 aliphatic carbocycles. The molecule has 0 atom stereocenters. The molecule has 0 bridgehead atoms. The van der Waals surface area contributed by atoms with E-state index in [0.717, 1.165) is 0 Å². The number of benzene rings is 2. The van der Waals surface area contributed by atoms with Crippen molar-refractivity contribution in [2.24, 2.45) is 0 Å². The third kappa shape index (κ3) is 4.09. The van der Waals surface area contributed by atoms with Gasteiger partial charge in [-0.3, -0.25) is 9.59 Å². The van der Waals surface area contributed by atoms with Gasteiger partial charge in [0, 0.05) is 5.69 Å². The molecule has 0 saturated heterocycles. The quantitative estimate of drug-likeness (QED) is 0.860. The normalized spacial score (nSPS) is 10.0. The summed E-state index contributed by atoms with van der Waals surface area (Å²) in [6, 6.07) is 13.7. The molecule has 0 radical (unpaired) electrons. The largest absolute Gasteiger partial charge is 0.493 e. The maximum absolute atomic E-state index is 12.3. The summed E-state index contributed by atoms with van der Waals surface area (Å²) in [5.41, 5.74) is 1.74. The lowest BCUT2D eigenvalue weighted by molar-refractivity contribution is -0.136. The van der Waals surface area contributed by atoms with Crippen LogP contribution in [0.15, 0.2) is 48.5 Å². The fraction of sp³-hybridized carbons (Fsp3) is 0.176. The van der Waals surface area contributed by atoms with E-state index in [1.54, 1.807) is 42.5 Å². The lowest BCUT2D eigenvalue weighted by Gasteiger charge is -2.10. The average Bonchev–Trinajstić information content (AvgIpc) is 2.49. The fourth-order valence-corrected chi connectivity index (χ4v) is 2.01. The summed E-state index contributed by atoms with van der Waals surface area (Å²) in [6.45, 7) is 2.34. The Hall–Kier alpha value is -2.82. The van der Waals surface area contributed by atoms with Crippen molar-refractivity contribution in [1.29, 1.82) is 0 Å². The zero-order chi connectivity index (χ0) is 15.9. The zero-order valence-electron chi connectivity index (χ0n) is 12.2. The van der Waals surface area contributed by atoms with Gasteiger partial charge in [0.2, 0.25) is 0 Å². The minimum Gasteiger partial charge on any atom is -0.493 e. The molecule has 1 amide bonds. The summed E-state index contributed by atoms with van der Waals surface area (Å²) >= 11 is 0. The SMILES string of the molecule is CCOc1ccccc1C(=O)Nc1ccc(CC(=O)O)cc1. The first-order valence-corrected chi connectivity index (χ1v) is 6.94. The summed E-state index contributed by atoms with van der Waals surface area (Å²) in [6.07, 6.45) is -0.0403. The molecule has 2 aromatic carbocycles. The number of para-hydroxylation sites is 1. The number of carbonyl (C=O) groups excluding carboxylic acids is 1. The maximum atomic E-state index is 12.3. The van der Waals surface area contributed by atoms with E-state index >= 15 is 0 Å². The molecule has 114 valence electrons. The molecule has 0 spiro atoms. The van der Waals surface area contributed by atoms with Crippen LogP contribution in [-0.2, 0) is 11.2 Å². The van der Waals surface area contributed by atoms with Crippen LogP contribution in [0, 0.1) is 0 Å². The monoisotopic (exact) mass is 299 g/mol. The molecule has 0 fully saturated rings. The van der Waals surface area contributed by atoms with Crippen molar-refractivity contribution in [3.63, 3.8) is 0 Å². The zero-order valence-corrected chi connectivity index (χ0v) is 12.2. The number of ether oxygens (including phenoxy) is 1. The Morgan fingerprint density at radius 1 is 1.09 bits per heavy atom. The number of carboxylic acids is 1. The molecule has 5 heteroatoms. The van der Waals surface area contributed by atoms with Gasteiger partial charge in [-0.15, -0.1) is 0 Å². The van der Waals surface area contributed by atoms with Crippen molar-refractivity contribution in [2.45, 2.75) is 13.3 Å². The second-order valence-corrected chi connectivity index (χ2v) is 4.65. The second kappa shape index (κ2) is 7.26. The first-order valence-electron chi connectivity index (χ1n) is 6.94. The molecule has 22 heavy (non-hydrogen) atoms. The highest BCUT2D eigenvalue weighted by molar-refractivity contribution is 6.06. The van der Waals surface area contributed by atoms with E-state index < -0.39 is 5.97 Å². The molecule has 0 aliphatic heterocycles. The van der Waals surface area contributed by atoms with Gasteiger partial charge in [-0.05, 0) is 36.8 Å². The average molecular weight is 299 g/mol. The molecule has 0 aromatic heterocycles. The van der Waals surface area contributed by atoms with Gasteiger partial charge < -0.3 is 15.2 Å². The maximum Gasteiger partial charge on any atom is 0.307 e. The fourth-order valence-electron chi connectivity index (χ4n) is 2.01. The summed E-state index contributed by atoms with van der Waals surface area (Å²) in [7, 11) is 0. The van der Waals surface area contributed by atoms with Gasteiger partial charge >= 0.3 is 5.97 Å². The number of hydrogen-bond acceptors (Lipinski definition) is 3. The van der Waals surface area contributed by atoms with E-state index in [-0.39, 0.29) is 12.3 Å². The van der Waals surface area contributed by atoms with Crippen LogP contribution >= 0.6 is 0 Å². The predicted molar refractivity (Wildman–Crippen MR) is 83.3 cm³/mol. The molecule has 0 unspecified atom stereocenters. The topological polar surface area (TPSA) is 75.6 Å². The highest BCUT2D eigenvalue weighted by Gasteiger charge is 2.12. The molecule has 0 aliphatic rings. The summed E-state index contributed by atoms with van der Waals surface area (Å²) in [5, 5.41) is 11.5. The number of nitrogens with one attached hydrogen (secondary N) is 1. The van der Waals surface area contributed by atoms with Crippen molar-refractivity contribution in [3.05, 3.63) is 59.7 Å². The van der Waals surface area contributed by atoms with Gasteiger partial charge in [0.25, 0.3) is 5.91 Å². The van der Waals surface area contributed by atoms with Crippen LogP contribution in [0.2, 0.25) is 0 Å². The molecule has 0 saturated carbocycles. The van der Waals surface area contributed by atoms with Crippen LogP contribution in [0.5, 0.6) is 5.75 Å². The van der Waals surface area contributed by atoms with E-state index in [0.29, 0.717) is 29.2 Å². The van der Waals surface area contributed by atoms with Gasteiger partial charge in [-0.1, -0.05) is 24.3 Å². The minimum absolute atomic E-state index is 0.0403. The van der Waals surface area contributed by atoms with E-state index in [1.165, 1.54) is 0 Å². The Labute approximate surface area is 128 Å². The van der Waals surface area contributed by atoms with E-state index in [1.807, 2.05) is 13.0 Å². The lowest BCUT2D eigenvalue weighted by Crippen LogP contribution is -2.13. The van der Waals surface area contributed by atoms with E-state index in [9.17, 15) is 9.59 Å². The highest BCUT2D eigenvalue weighted by Crippen LogP contribution is 2.20. The third-order valence-electron chi connectivity index (χ3n) is 3.00. The summed E-state index contributed by atoms with van der Waals surface area (Å²) in [5.74, 6) is -0.623. The van der Waals surface area contributed by atoms with Gasteiger partial charge in [0.15, 0.2) is 0 Å². The van der Waals surface area contributed by atoms with Gasteiger partial charge in [0.05, 0.1) is 18.6 Å². The first-order chi connectivity index (χ1) is 10.6. The van der Waals surface area contributed by atoms with Crippen LogP contribution in [0.4, 0.5) is 5.69 Å². The minimum atomic E-state index is -0.887. The van der Waals surface area contributed by atoms with E-state index in [2.05, 4.69) is 5.32 Å². The first kappa shape index (κ1) is 15.6. The molecule has 2 N–H and O–H groups in total. The number of carboxylic acid groups (broad SMARTS) is 1. The number of anilines is 1. The lowest BCUT2D eigenvalue weighted by atomic mass is 10.1. The Balaban J connectivity index is 2.10. The van der Waals surface area contributed by atoms with Gasteiger partial charge in [0.1, 0.15) is 5.75 Å². The Morgan fingerprint density at radius 3 is 2.41 bits per heavy atom. The van der Waals surface area contributed by atoms with Crippen LogP contribution in [0.25, 0.3) is 0 Å². The number of carbonyl (C=O) groups is 2. The van der Waals surface area contributed by atoms with Crippen molar-refractivity contribution in [1.82, 2.24) is 0 Å². The summed E-state index contributed by atoms with van der Waals surface area (Å²) in [4.78, 5) is 22.9. The van der Waals surface area contributed by atoms with Crippen molar-refractivity contribution >= 4 is 17.6 Å². The number of hydrogen-bond donors (Lipinski definition) is 2. The third-order valence-corrected chi connectivity index (χ3v) is 3.00. The number of aliphatic carboxylic acids is 1. The molecule has 2 aromatic rings. The van der Waals surface area contributed by atoms with Crippen LogP contribution in [-0.4, -0.2) is 23.6 Å². The smallest absolute Gasteiger partial charge is 0.307 e. The predicted octanol–water partition coefficient (Wildman–Crippen LogP) is 2.96. The molecular weight excluding hydrogens is 282 g/mol. The highest BCUT2D eigenvalue weighted by atomic mass is 16.5. The number of amides is 1. The molecule has 5 nitrogen and oxygen atoms in total. The number of rotatable bonds is 6. The summed E-state index contributed by atoms with van der Waals surface area (Å²) < 4.78 is 5.43.